The lowest BCUT2D eigenvalue weighted by atomic mass is 9.64. The van der Waals surface area contributed by atoms with Crippen molar-refractivity contribution in [1.29, 1.82) is 0 Å². The summed E-state index contributed by atoms with van der Waals surface area (Å²) in [5, 5.41) is 0. The van der Waals surface area contributed by atoms with Gasteiger partial charge in [-0.25, -0.2) is 0 Å². The van der Waals surface area contributed by atoms with Gasteiger partial charge in [-0.05, 0) is 43.0 Å². The molecule has 0 amide bonds. The lowest BCUT2D eigenvalue weighted by molar-refractivity contribution is 0.248. The fourth-order valence-electron chi connectivity index (χ4n) is 2.42. The standard InChI is InChI=1S/C13H19NS2/c1-15-10-4-5-11(12(8-10)16-2)13(9-14)6-3-7-13/h4-5,8H,3,6-7,9,14H2,1-2H3. The highest BCUT2D eigenvalue weighted by atomic mass is 32.2. The Labute approximate surface area is 107 Å². The highest BCUT2D eigenvalue weighted by molar-refractivity contribution is 7.99. The first-order valence-corrected chi connectivity index (χ1v) is 8.13. The van der Waals surface area contributed by atoms with Gasteiger partial charge in [0.2, 0.25) is 0 Å². The minimum absolute atomic E-state index is 0.287. The molecule has 0 unspecified atom stereocenters. The molecule has 0 aromatic heterocycles. The molecule has 1 fully saturated rings. The van der Waals surface area contributed by atoms with Crippen molar-refractivity contribution in [3.8, 4) is 0 Å². The van der Waals surface area contributed by atoms with Crippen LogP contribution < -0.4 is 5.73 Å². The van der Waals surface area contributed by atoms with Gasteiger partial charge in [0.25, 0.3) is 0 Å². The third-order valence-electron chi connectivity index (χ3n) is 3.68. The van der Waals surface area contributed by atoms with Crippen LogP contribution in [0.1, 0.15) is 24.8 Å². The van der Waals surface area contributed by atoms with Crippen LogP contribution in [0.4, 0.5) is 0 Å². The van der Waals surface area contributed by atoms with E-state index in [1.807, 2.05) is 11.8 Å². The molecular formula is C13H19NS2. The second-order valence-corrected chi connectivity index (χ2v) is 6.13. The molecule has 88 valence electrons. The zero-order chi connectivity index (χ0) is 11.6. The van der Waals surface area contributed by atoms with E-state index < -0.39 is 0 Å². The summed E-state index contributed by atoms with van der Waals surface area (Å²) in [6.45, 7) is 0.791. The van der Waals surface area contributed by atoms with Crippen molar-refractivity contribution < 1.29 is 0 Å². The molecule has 1 saturated carbocycles. The monoisotopic (exact) mass is 253 g/mol. The number of hydrogen-bond donors (Lipinski definition) is 1. The van der Waals surface area contributed by atoms with Gasteiger partial charge < -0.3 is 5.73 Å². The van der Waals surface area contributed by atoms with Crippen molar-refractivity contribution >= 4 is 23.5 Å². The van der Waals surface area contributed by atoms with Crippen molar-refractivity contribution in [1.82, 2.24) is 0 Å². The summed E-state index contributed by atoms with van der Waals surface area (Å²) >= 11 is 3.65. The number of rotatable bonds is 4. The van der Waals surface area contributed by atoms with Crippen molar-refractivity contribution in [2.75, 3.05) is 19.1 Å². The lowest BCUT2D eigenvalue weighted by Gasteiger charge is -2.42. The van der Waals surface area contributed by atoms with Crippen molar-refractivity contribution in [3.05, 3.63) is 23.8 Å². The molecule has 0 radical (unpaired) electrons. The molecule has 0 aliphatic heterocycles. The summed E-state index contributed by atoms with van der Waals surface area (Å²) in [7, 11) is 0. The molecule has 16 heavy (non-hydrogen) atoms. The van der Waals surface area contributed by atoms with Crippen LogP contribution in [0.3, 0.4) is 0 Å². The number of nitrogens with two attached hydrogens (primary N) is 1. The SMILES string of the molecule is CSc1ccc(C2(CN)CCC2)c(SC)c1. The van der Waals surface area contributed by atoms with Crippen LogP contribution in [-0.2, 0) is 5.41 Å². The summed E-state index contributed by atoms with van der Waals surface area (Å²) in [6.07, 6.45) is 8.13. The highest BCUT2D eigenvalue weighted by Gasteiger charge is 2.38. The maximum absolute atomic E-state index is 5.98. The molecule has 1 aliphatic carbocycles. The second-order valence-electron chi connectivity index (χ2n) is 4.40. The minimum atomic E-state index is 0.287. The van der Waals surface area contributed by atoms with Crippen LogP contribution in [-0.4, -0.2) is 19.1 Å². The zero-order valence-corrected chi connectivity index (χ0v) is 11.6. The van der Waals surface area contributed by atoms with E-state index in [1.165, 1.54) is 34.6 Å². The largest absolute Gasteiger partial charge is 0.330 e. The number of hydrogen-bond acceptors (Lipinski definition) is 3. The minimum Gasteiger partial charge on any atom is -0.330 e. The van der Waals surface area contributed by atoms with E-state index >= 15 is 0 Å². The van der Waals surface area contributed by atoms with E-state index in [2.05, 4.69) is 30.7 Å². The summed E-state index contributed by atoms with van der Waals surface area (Å²) in [5.41, 5.74) is 7.75. The Hall–Kier alpha value is -0.120. The van der Waals surface area contributed by atoms with Crippen molar-refractivity contribution in [2.45, 2.75) is 34.5 Å². The molecule has 0 atom stereocenters. The normalized spacial score (nSPS) is 18.2. The van der Waals surface area contributed by atoms with E-state index in [9.17, 15) is 0 Å². The van der Waals surface area contributed by atoms with Crippen LogP contribution in [0.5, 0.6) is 0 Å². The van der Waals surface area contributed by atoms with Gasteiger partial charge >= 0.3 is 0 Å². The average molecular weight is 253 g/mol. The molecule has 0 spiro atoms. The third-order valence-corrected chi connectivity index (χ3v) is 5.18. The van der Waals surface area contributed by atoms with E-state index in [1.54, 1.807) is 11.8 Å². The summed E-state index contributed by atoms with van der Waals surface area (Å²) in [5.74, 6) is 0. The molecule has 2 rings (SSSR count). The smallest absolute Gasteiger partial charge is 0.0118 e. The summed E-state index contributed by atoms with van der Waals surface area (Å²) < 4.78 is 0. The Bertz CT molecular complexity index is 367. The first kappa shape index (κ1) is 12.3. The van der Waals surface area contributed by atoms with Gasteiger partial charge in [0, 0.05) is 21.8 Å². The zero-order valence-electron chi connectivity index (χ0n) is 9.95. The number of thioether (sulfide) groups is 2. The number of benzene rings is 1. The van der Waals surface area contributed by atoms with Gasteiger partial charge in [0.15, 0.2) is 0 Å². The molecule has 1 aromatic rings. The molecule has 2 N–H and O–H groups in total. The Morgan fingerprint density at radius 1 is 1.25 bits per heavy atom. The van der Waals surface area contributed by atoms with Crippen LogP contribution in [0.2, 0.25) is 0 Å². The van der Waals surface area contributed by atoms with E-state index in [0.717, 1.165) is 6.54 Å². The molecule has 0 saturated heterocycles. The Morgan fingerprint density at radius 2 is 2.00 bits per heavy atom. The molecule has 0 heterocycles. The lowest BCUT2D eigenvalue weighted by Crippen LogP contribution is -2.41. The average Bonchev–Trinajstić information content (AvgIpc) is 2.28. The Morgan fingerprint density at radius 3 is 2.44 bits per heavy atom. The summed E-state index contributed by atoms with van der Waals surface area (Å²) in [6, 6.07) is 6.83. The van der Waals surface area contributed by atoms with E-state index in [4.69, 9.17) is 5.73 Å². The first-order chi connectivity index (χ1) is 7.75. The van der Waals surface area contributed by atoms with Gasteiger partial charge in [-0.2, -0.15) is 0 Å². The Balaban J connectivity index is 2.39. The molecule has 1 aliphatic rings. The summed E-state index contributed by atoms with van der Waals surface area (Å²) in [4.78, 5) is 2.76. The maximum atomic E-state index is 5.98. The van der Waals surface area contributed by atoms with Crippen molar-refractivity contribution in [2.24, 2.45) is 5.73 Å². The van der Waals surface area contributed by atoms with Gasteiger partial charge in [-0.15, -0.1) is 23.5 Å². The molecule has 0 bridgehead atoms. The topological polar surface area (TPSA) is 26.0 Å². The molecule has 3 heteroatoms. The van der Waals surface area contributed by atoms with Crippen LogP contribution in [0.25, 0.3) is 0 Å². The fraction of sp³-hybridized carbons (Fsp3) is 0.538. The van der Waals surface area contributed by atoms with Gasteiger partial charge in [-0.3, -0.25) is 0 Å². The van der Waals surface area contributed by atoms with Gasteiger partial charge in [-0.1, -0.05) is 12.5 Å². The van der Waals surface area contributed by atoms with E-state index in [0.29, 0.717) is 0 Å². The molecule has 1 nitrogen and oxygen atoms in total. The quantitative estimate of drug-likeness (QED) is 0.832. The predicted molar refractivity (Wildman–Crippen MR) is 74.6 cm³/mol. The van der Waals surface area contributed by atoms with Gasteiger partial charge in [0.05, 0.1) is 0 Å². The molecule has 1 aromatic carbocycles. The van der Waals surface area contributed by atoms with Crippen LogP contribution in [0, 0.1) is 0 Å². The van der Waals surface area contributed by atoms with E-state index in [-0.39, 0.29) is 5.41 Å². The second kappa shape index (κ2) is 5.03. The van der Waals surface area contributed by atoms with Crippen LogP contribution in [0.15, 0.2) is 28.0 Å². The third kappa shape index (κ3) is 2.01. The van der Waals surface area contributed by atoms with Crippen LogP contribution >= 0.6 is 23.5 Å². The highest BCUT2D eigenvalue weighted by Crippen LogP contribution is 2.46. The fourth-order valence-corrected chi connectivity index (χ4v) is 3.69. The first-order valence-electron chi connectivity index (χ1n) is 5.68. The maximum Gasteiger partial charge on any atom is 0.0118 e. The van der Waals surface area contributed by atoms with Crippen molar-refractivity contribution in [3.63, 3.8) is 0 Å². The predicted octanol–water partition coefficient (Wildman–Crippen LogP) is 3.51. The molecular weight excluding hydrogens is 234 g/mol. The van der Waals surface area contributed by atoms with Gasteiger partial charge in [0.1, 0.15) is 0 Å². The Kier molecular flexibility index (Phi) is 3.88.